The Morgan fingerprint density at radius 1 is 1.20 bits per heavy atom. The molecule has 7 nitrogen and oxygen atoms in total. The molecule has 7 heteroatoms. The van der Waals surface area contributed by atoms with Crippen molar-refractivity contribution in [1.29, 1.82) is 0 Å². The summed E-state index contributed by atoms with van der Waals surface area (Å²) in [4.78, 5) is 23.2. The summed E-state index contributed by atoms with van der Waals surface area (Å²) in [5.41, 5.74) is 2.25. The average Bonchev–Trinajstić information content (AvgIpc) is 3.32. The van der Waals surface area contributed by atoms with Crippen LogP contribution in [0.2, 0.25) is 0 Å². The number of piperidine rings is 1. The van der Waals surface area contributed by atoms with Crippen LogP contribution in [-0.4, -0.2) is 48.2 Å². The zero-order valence-electron chi connectivity index (χ0n) is 14.1. The van der Waals surface area contributed by atoms with Crippen molar-refractivity contribution in [3.63, 3.8) is 0 Å². The van der Waals surface area contributed by atoms with Crippen LogP contribution in [0.15, 0.2) is 49.4 Å². The second-order valence-electron chi connectivity index (χ2n) is 6.36. The van der Waals surface area contributed by atoms with Gasteiger partial charge in [0.2, 0.25) is 0 Å². The number of hydrogen-bond donors (Lipinski definition) is 0. The van der Waals surface area contributed by atoms with Crippen LogP contribution in [0, 0.1) is 0 Å². The van der Waals surface area contributed by atoms with Crippen molar-refractivity contribution >= 4 is 5.91 Å². The first-order valence-electron chi connectivity index (χ1n) is 8.43. The summed E-state index contributed by atoms with van der Waals surface area (Å²) in [6.45, 7) is 1.47. The maximum absolute atomic E-state index is 13.2. The van der Waals surface area contributed by atoms with E-state index < -0.39 is 0 Å². The minimum absolute atomic E-state index is 0.0322. The standard InChI is InChI=1S/C18H20N6O/c1-22-12-16(17(21-22)14-4-6-19-7-5-14)18(25)23-9-2-3-15(11-23)24-10-8-20-13-24/h4-8,10,12-13,15H,2-3,9,11H2,1H3. The SMILES string of the molecule is Cn1cc(C(=O)N2CCCC(n3ccnc3)C2)c(-c2ccncc2)n1. The van der Waals surface area contributed by atoms with E-state index >= 15 is 0 Å². The minimum Gasteiger partial charge on any atom is -0.336 e. The van der Waals surface area contributed by atoms with Crippen molar-refractivity contribution in [3.8, 4) is 11.3 Å². The fourth-order valence-electron chi connectivity index (χ4n) is 3.41. The van der Waals surface area contributed by atoms with Crippen LogP contribution in [0.25, 0.3) is 11.3 Å². The lowest BCUT2D eigenvalue weighted by Gasteiger charge is -2.33. The van der Waals surface area contributed by atoms with Crippen LogP contribution in [0.5, 0.6) is 0 Å². The first-order valence-corrected chi connectivity index (χ1v) is 8.43. The van der Waals surface area contributed by atoms with E-state index in [2.05, 4.69) is 19.6 Å². The normalized spacial score (nSPS) is 17.6. The molecule has 4 rings (SSSR count). The van der Waals surface area contributed by atoms with E-state index in [0.717, 1.165) is 24.9 Å². The molecule has 0 N–H and O–H groups in total. The Labute approximate surface area is 145 Å². The molecule has 1 fully saturated rings. The van der Waals surface area contributed by atoms with Gasteiger partial charge in [0.15, 0.2) is 0 Å². The quantitative estimate of drug-likeness (QED) is 0.735. The molecule has 0 aromatic carbocycles. The largest absolute Gasteiger partial charge is 0.336 e. The number of carbonyl (C=O) groups is 1. The van der Waals surface area contributed by atoms with Crippen LogP contribution in [-0.2, 0) is 7.05 Å². The third-order valence-corrected chi connectivity index (χ3v) is 4.64. The minimum atomic E-state index is 0.0322. The second kappa shape index (κ2) is 6.51. The lowest BCUT2D eigenvalue weighted by molar-refractivity contribution is 0.0680. The van der Waals surface area contributed by atoms with Crippen LogP contribution in [0.1, 0.15) is 29.2 Å². The predicted molar refractivity (Wildman–Crippen MR) is 92.8 cm³/mol. The maximum Gasteiger partial charge on any atom is 0.257 e. The van der Waals surface area contributed by atoms with Gasteiger partial charge in [0.1, 0.15) is 5.69 Å². The number of pyridine rings is 1. The van der Waals surface area contributed by atoms with Gasteiger partial charge in [-0.1, -0.05) is 0 Å². The molecule has 0 saturated carbocycles. The fraction of sp³-hybridized carbons (Fsp3) is 0.333. The number of aryl methyl sites for hydroxylation is 1. The van der Waals surface area contributed by atoms with Crippen molar-refractivity contribution in [2.24, 2.45) is 7.05 Å². The Morgan fingerprint density at radius 3 is 2.80 bits per heavy atom. The summed E-state index contributed by atoms with van der Waals surface area (Å²) in [5, 5.41) is 4.49. The number of likely N-dealkylation sites (tertiary alicyclic amines) is 1. The van der Waals surface area contributed by atoms with Crippen molar-refractivity contribution in [1.82, 2.24) is 29.2 Å². The van der Waals surface area contributed by atoms with Crippen molar-refractivity contribution < 1.29 is 4.79 Å². The van der Waals surface area contributed by atoms with Gasteiger partial charge in [0.25, 0.3) is 5.91 Å². The molecule has 1 saturated heterocycles. The molecule has 1 atom stereocenters. The molecular weight excluding hydrogens is 316 g/mol. The molecule has 1 aliphatic heterocycles. The molecule has 25 heavy (non-hydrogen) atoms. The number of aromatic nitrogens is 5. The summed E-state index contributed by atoms with van der Waals surface area (Å²) in [6, 6.07) is 4.04. The molecule has 3 aromatic rings. The molecule has 3 aromatic heterocycles. The van der Waals surface area contributed by atoms with Gasteiger partial charge in [0, 0.05) is 56.7 Å². The lowest BCUT2D eigenvalue weighted by Crippen LogP contribution is -2.40. The van der Waals surface area contributed by atoms with Gasteiger partial charge in [-0.2, -0.15) is 5.10 Å². The molecule has 1 aliphatic rings. The highest BCUT2D eigenvalue weighted by Gasteiger charge is 2.28. The van der Waals surface area contributed by atoms with Gasteiger partial charge in [-0.3, -0.25) is 14.5 Å². The molecular formula is C18H20N6O. The second-order valence-corrected chi connectivity index (χ2v) is 6.36. The summed E-state index contributed by atoms with van der Waals surface area (Å²) in [5.74, 6) is 0.0322. The average molecular weight is 336 g/mol. The van der Waals surface area contributed by atoms with E-state index in [-0.39, 0.29) is 11.9 Å². The maximum atomic E-state index is 13.2. The number of hydrogen-bond acceptors (Lipinski definition) is 4. The van der Waals surface area contributed by atoms with E-state index in [1.807, 2.05) is 36.6 Å². The zero-order valence-corrected chi connectivity index (χ0v) is 14.1. The molecule has 1 unspecified atom stereocenters. The first kappa shape index (κ1) is 15.6. The van der Waals surface area contributed by atoms with E-state index in [9.17, 15) is 4.79 Å². The summed E-state index contributed by atoms with van der Waals surface area (Å²) >= 11 is 0. The summed E-state index contributed by atoms with van der Waals surface area (Å²) in [7, 11) is 1.84. The molecule has 4 heterocycles. The fourth-order valence-corrected chi connectivity index (χ4v) is 3.41. The monoisotopic (exact) mass is 336 g/mol. The smallest absolute Gasteiger partial charge is 0.257 e. The Hall–Kier alpha value is -2.96. The highest BCUT2D eigenvalue weighted by Crippen LogP contribution is 2.26. The Morgan fingerprint density at radius 2 is 2.04 bits per heavy atom. The highest BCUT2D eigenvalue weighted by atomic mass is 16.2. The molecule has 0 spiro atoms. The van der Waals surface area contributed by atoms with Crippen LogP contribution in [0.4, 0.5) is 0 Å². The van der Waals surface area contributed by atoms with Gasteiger partial charge in [-0.05, 0) is 25.0 Å². The van der Waals surface area contributed by atoms with Gasteiger partial charge in [-0.25, -0.2) is 4.98 Å². The summed E-state index contributed by atoms with van der Waals surface area (Å²) in [6.07, 6.45) is 12.9. The summed E-state index contributed by atoms with van der Waals surface area (Å²) < 4.78 is 3.78. The van der Waals surface area contributed by atoms with Gasteiger partial charge < -0.3 is 9.47 Å². The van der Waals surface area contributed by atoms with E-state index in [4.69, 9.17) is 0 Å². The van der Waals surface area contributed by atoms with Crippen molar-refractivity contribution in [2.45, 2.75) is 18.9 Å². The van der Waals surface area contributed by atoms with Crippen LogP contribution in [0.3, 0.4) is 0 Å². The third kappa shape index (κ3) is 3.05. The van der Waals surface area contributed by atoms with E-state index in [1.165, 1.54) is 0 Å². The first-order chi connectivity index (χ1) is 12.2. The van der Waals surface area contributed by atoms with Gasteiger partial charge >= 0.3 is 0 Å². The number of nitrogens with zero attached hydrogens (tertiary/aromatic N) is 6. The Bertz CT molecular complexity index is 855. The van der Waals surface area contributed by atoms with Crippen LogP contribution < -0.4 is 0 Å². The van der Waals surface area contributed by atoms with Crippen LogP contribution >= 0.6 is 0 Å². The molecule has 0 radical (unpaired) electrons. The third-order valence-electron chi connectivity index (χ3n) is 4.64. The Balaban J connectivity index is 1.61. The van der Waals surface area contributed by atoms with Gasteiger partial charge in [-0.15, -0.1) is 0 Å². The van der Waals surface area contributed by atoms with E-state index in [0.29, 0.717) is 17.8 Å². The molecule has 0 bridgehead atoms. The Kier molecular flexibility index (Phi) is 4.05. The number of imidazole rings is 1. The topological polar surface area (TPSA) is 68.8 Å². The predicted octanol–water partition coefficient (Wildman–Crippen LogP) is 2.16. The molecule has 1 amide bonds. The van der Waals surface area contributed by atoms with Gasteiger partial charge in [0.05, 0.1) is 17.9 Å². The highest BCUT2D eigenvalue weighted by molar-refractivity contribution is 5.99. The number of rotatable bonds is 3. The zero-order chi connectivity index (χ0) is 17.2. The van der Waals surface area contributed by atoms with Crippen molar-refractivity contribution in [3.05, 3.63) is 55.0 Å². The molecule has 128 valence electrons. The van der Waals surface area contributed by atoms with E-state index in [1.54, 1.807) is 29.5 Å². The number of carbonyl (C=O) groups excluding carboxylic acids is 1. The lowest BCUT2D eigenvalue weighted by atomic mass is 10.0. The number of amides is 1. The van der Waals surface area contributed by atoms with Crippen molar-refractivity contribution in [2.75, 3.05) is 13.1 Å². The molecule has 0 aliphatic carbocycles.